The van der Waals surface area contributed by atoms with E-state index in [-0.39, 0.29) is 17.7 Å². The number of carbonyl (C=O) groups is 1. The molecule has 0 amide bonds. The Bertz CT molecular complexity index is 892. The third kappa shape index (κ3) is 2.13. The Labute approximate surface area is 150 Å². The van der Waals surface area contributed by atoms with E-state index in [0.717, 1.165) is 0 Å². The van der Waals surface area contributed by atoms with Crippen LogP contribution < -0.4 is 23.7 Å². The maximum Gasteiger partial charge on any atom is 0.206 e. The Kier molecular flexibility index (Phi) is 3.69. The van der Waals surface area contributed by atoms with Crippen molar-refractivity contribution < 1.29 is 33.6 Å². The minimum Gasteiger partial charge on any atom is -0.497 e. The van der Waals surface area contributed by atoms with E-state index in [1.54, 1.807) is 30.3 Å². The number of fused-ring (bicyclic) bond motifs is 4. The van der Waals surface area contributed by atoms with E-state index in [1.807, 2.05) is 0 Å². The van der Waals surface area contributed by atoms with Gasteiger partial charge in [-0.25, -0.2) is 0 Å². The second-order valence-electron chi connectivity index (χ2n) is 6.08. The predicted molar refractivity (Wildman–Crippen MR) is 90.7 cm³/mol. The quantitative estimate of drug-likeness (QED) is 0.898. The van der Waals surface area contributed by atoms with E-state index in [2.05, 4.69) is 0 Å². The summed E-state index contributed by atoms with van der Waals surface area (Å²) < 4.78 is 27.3. The van der Waals surface area contributed by atoms with Crippen molar-refractivity contribution in [2.75, 3.05) is 27.9 Å². The van der Waals surface area contributed by atoms with Crippen LogP contribution in [-0.2, 0) is 5.60 Å². The number of hydrogen-bond donors (Lipinski definition) is 1. The van der Waals surface area contributed by atoms with Gasteiger partial charge in [0.25, 0.3) is 0 Å². The smallest absolute Gasteiger partial charge is 0.206 e. The van der Waals surface area contributed by atoms with Crippen molar-refractivity contribution in [2.45, 2.75) is 11.7 Å². The molecule has 0 saturated heterocycles. The molecule has 2 atom stereocenters. The van der Waals surface area contributed by atoms with Crippen molar-refractivity contribution >= 4 is 5.78 Å². The van der Waals surface area contributed by atoms with Gasteiger partial charge in [0.1, 0.15) is 23.9 Å². The minimum atomic E-state index is -1.88. The predicted octanol–water partition coefficient (Wildman–Crippen LogP) is 1.94. The monoisotopic (exact) mass is 358 g/mol. The third-order valence-corrected chi connectivity index (χ3v) is 4.80. The van der Waals surface area contributed by atoms with E-state index >= 15 is 0 Å². The van der Waals surface area contributed by atoms with Gasteiger partial charge in [-0.05, 0) is 18.2 Å². The van der Waals surface area contributed by atoms with Gasteiger partial charge in [-0.1, -0.05) is 0 Å². The molecule has 2 aromatic carbocycles. The number of rotatable bonds is 3. The van der Waals surface area contributed by atoms with E-state index in [0.29, 0.717) is 28.7 Å². The molecule has 2 unspecified atom stereocenters. The van der Waals surface area contributed by atoms with Crippen LogP contribution in [0.2, 0.25) is 0 Å². The van der Waals surface area contributed by atoms with Crippen LogP contribution in [0.3, 0.4) is 0 Å². The van der Waals surface area contributed by atoms with Crippen LogP contribution >= 0.6 is 0 Å². The molecule has 4 rings (SSSR count). The Morgan fingerprint density at radius 3 is 2.46 bits per heavy atom. The van der Waals surface area contributed by atoms with Crippen molar-refractivity contribution in [3.05, 3.63) is 41.5 Å². The largest absolute Gasteiger partial charge is 0.497 e. The lowest BCUT2D eigenvalue weighted by molar-refractivity contribution is -0.0800. The van der Waals surface area contributed by atoms with Gasteiger partial charge < -0.3 is 28.8 Å². The van der Waals surface area contributed by atoms with Gasteiger partial charge in [-0.15, -0.1) is 0 Å². The van der Waals surface area contributed by atoms with Gasteiger partial charge in [0.15, 0.2) is 23.2 Å². The molecular weight excluding hydrogens is 340 g/mol. The second-order valence-corrected chi connectivity index (χ2v) is 6.08. The molecule has 2 aliphatic rings. The van der Waals surface area contributed by atoms with Crippen molar-refractivity contribution in [3.8, 4) is 28.7 Å². The molecule has 0 bridgehead atoms. The summed E-state index contributed by atoms with van der Waals surface area (Å²) in [7, 11) is 4.52. The SMILES string of the molecule is COc1ccc2c(c1)OC1COc3cc(OC)c(OC)cc3C1(O)C2=O. The average molecular weight is 358 g/mol. The first-order valence-electron chi connectivity index (χ1n) is 8.04. The average Bonchev–Trinajstić information content (AvgIpc) is 2.68. The Morgan fingerprint density at radius 1 is 1.04 bits per heavy atom. The van der Waals surface area contributed by atoms with Gasteiger partial charge >= 0.3 is 0 Å². The molecule has 0 saturated carbocycles. The number of methoxy groups -OCH3 is 3. The maximum atomic E-state index is 13.2. The van der Waals surface area contributed by atoms with Crippen LogP contribution in [0.15, 0.2) is 30.3 Å². The van der Waals surface area contributed by atoms with E-state index in [9.17, 15) is 9.90 Å². The summed E-state index contributed by atoms with van der Waals surface area (Å²) in [6.45, 7) is 0.0153. The van der Waals surface area contributed by atoms with Crippen molar-refractivity contribution in [3.63, 3.8) is 0 Å². The molecule has 0 aromatic heterocycles. The lowest BCUT2D eigenvalue weighted by Crippen LogP contribution is -2.57. The fourth-order valence-corrected chi connectivity index (χ4v) is 3.40. The highest BCUT2D eigenvalue weighted by Crippen LogP contribution is 2.49. The zero-order valence-corrected chi connectivity index (χ0v) is 14.6. The molecule has 7 heteroatoms. The number of carbonyl (C=O) groups excluding carboxylic acids is 1. The molecule has 0 fully saturated rings. The molecular formula is C19H18O7. The first-order chi connectivity index (χ1) is 12.5. The fourth-order valence-electron chi connectivity index (χ4n) is 3.40. The first kappa shape index (κ1) is 16.5. The van der Waals surface area contributed by atoms with Crippen molar-refractivity contribution in [1.82, 2.24) is 0 Å². The van der Waals surface area contributed by atoms with Crippen LogP contribution in [0.25, 0.3) is 0 Å². The second kappa shape index (κ2) is 5.81. The summed E-state index contributed by atoms with van der Waals surface area (Å²) in [5.41, 5.74) is -1.31. The van der Waals surface area contributed by atoms with Gasteiger partial charge in [0.05, 0.1) is 26.9 Å². The highest BCUT2D eigenvalue weighted by atomic mass is 16.6. The number of aliphatic hydroxyl groups is 1. The van der Waals surface area contributed by atoms with Crippen molar-refractivity contribution in [1.29, 1.82) is 0 Å². The zero-order chi connectivity index (χ0) is 18.5. The Hall–Kier alpha value is -2.93. The van der Waals surface area contributed by atoms with E-state index in [1.165, 1.54) is 21.3 Å². The molecule has 7 nitrogen and oxygen atoms in total. The Morgan fingerprint density at radius 2 is 1.77 bits per heavy atom. The molecule has 0 spiro atoms. The molecule has 1 N–H and O–H groups in total. The number of hydrogen-bond acceptors (Lipinski definition) is 7. The van der Waals surface area contributed by atoms with E-state index in [4.69, 9.17) is 23.7 Å². The highest BCUT2D eigenvalue weighted by molar-refractivity contribution is 6.07. The van der Waals surface area contributed by atoms with Crippen LogP contribution in [0, 0.1) is 0 Å². The normalized spacial score (nSPS) is 22.9. The topological polar surface area (TPSA) is 83.5 Å². The van der Waals surface area contributed by atoms with Gasteiger partial charge in [0, 0.05) is 17.7 Å². The molecule has 2 heterocycles. The zero-order valence-electron chi connectivity index (χ0n) is 14.6. The summed E-state index contributed by atoms with van der Waals surface area (Å²) in [6.07, 6.45) is -0.889. The van der Waals surface area contributed by atoms with Gasteiger partial charge in [0.2, 0.25) is 5.78 Å². The van der Waals surface area contributed by atoms with Crippen LogP contribution in [0.1, 0.15) is 15.9 Å². The molecule has 136 valence electrons. The number of benzene rings is 2. The summed E-state index contributed by atoms with van der Waals surface area (Å²) in [5, 5.41) is 11.4. The molecule has 2 aromatic rings. The summed E-state index contributed by atoms with van der Waals surface area (Å²) in [5.74, 6) is 1.65. The van der Waals surface area contributed by atoms with Crippen LogP contribution in [0.5, 0.6) is 28.7 Å². The van der Waals surface area contributed by atoms with Crippen LogP contribution in [-0.4, -0.2) is 44.9 Å². The lowest BCUT2D eigenvalue weighted by Gasteiger charge is -2.43. The van der Waals surface area contributed by atoms with Crippen molar-refractivity contribution in [2.24, 2.45) is 0 Å². The number of ketones is 1. The lowest BCUT2D eigenvalue weighted by atomic mass is 9.77. The molecule has 0 radical (unpaired) electrons. The number of Topliss-reactive ketones (excluding diaryl/α,β-unsaturated/α-hetero) is 1. The molecule has 0 aliphatic carbocycles. The Balaban J connectivity index is 1.88. The summed E-state index contributed by atoms with van der Waals surface area (Å²) in [6, 6.07) is 8.01. The fraction of sp³-hybridized carbons (Fsp3) is 0.316. The first-order valence-corrected chi connectivity index (χ1v) is 8.04. The van der Waals surface area contributed by atoms with Gasteiger partial charge in [-0.3, -0.25) is 4.79 Å². The summed E-state index contributed by atoms with van der Waals surface area (Å²) in [4.78, 5) is 13.2. The number of ether oxygens (including phenoxy) is 5. The van der Waals surface area contributed by atoms with E-state index < -0.39 is 17.5 Å². The standard InChI is InChI=1S/C19H18O7/c1-22-10-4-5-11-13(6-10)26-17-9-25-14-8-16(24-3)15(23-2)7-12(14)19(17,21)18(11)20/h4-8,17,21H,9H2,1-3H3. The van der Waals surface area contributed by atoms with Crippen LogP contribution in [0.4, 0.5) is 0 Å². The minimum absolute atomic E-state index is 0.0153. The third-order valence-electron chi connectivity index (χ3n) is 4.80. The molecule has 2 aliphatic heterocycles. The highest BCUT2D eigenvalue weighted by Gasteiger charge is 2.56. The summed E-state index contributed by atoms with van der Waals surface area (Å²) >= 11 is 0. The van der Waals surface area contributed by atoms with Gasteiger partial charge in [-0.2, -0.15) is 0 Å². The maximum absolute atomic E-state index is 13.2. The molecule has 26 heavy (non-hydrogen) atoms.